The van der Waals surface area contributed by atoms with Crippen molar-refractivity contribution < 1.29 is 4.74 Å². The van der Waals surface area contributed by atoms with Gasteiger partial charge in [0.15, 0.2) is 16.6 Å². The SMILES string of the molecule is COc1ccc(Cl)cc1-c1nnc2c(Cl)nc(C)c(C)n12. The number of ether oxygens (including phenoxy) is 1. The minimum Gasteiger partial charge on any atom is -0.496 e. The Bertz CT molecular complexity index is 845. The highest BCUT2D eigenvalue weighted by Crippen LogP contribution is 2.33. The number of hydrogen-bond donors (Lipinski definition) is 0. The molecular weight excluding hydrogens is 311 g/mol. The van der Waals surface area contributed by atoms with Gasteiger partial charge in [-0.15, -0.1) is 10.2 Å². The van der Waals surface area contributed by atoms with Gasteiger partial charge < -0.3 is 4.74 Å². The molecule has 3 aromatic rings. The van der Waals surface area contributed by atoms with E-state index in [0.717, 1.165) is 17.0 Å². The molecule has 0 bridgehead atoms. The van der Waals surface area contributed by atoms with Crippen molar-refractivity contribution in [2.75, 3.05) is 7.11 Å². The van der Waals surface area contributed by atoms with Gasteiger partial charge in [0.05, 0.1) is 18.4 Å². The first-order valence-electron chi connectivity index (χ1n) is 6.24. The predicted octanol–water partition coefficient (Wildman–Crippen LogP) is 3.72. The summed E-state index contributed by atoms with van der Waals surface area (Å²) in [6, 6.07) is 5.35. The second-order valence-corrected chi connectivity index (χ2v) is 5.40. The molecule has 0 saturated carbocycles. The minimum absolute atomic E-state index is 0.317. The largest absolute Gasteiger partial charge is 0.496 e. The maximum Gasteiger partial charge on any atom is 0.199 e. The van der Waals surface area contributed by atoms with Crippen LogP contribution in [0.5, 0.6) is 5.75 Å². The average Bonchev–Trinajstić information content (AvgIpc) is 2.90. The van der Waals surface area contributed by atoms with E-state index < -0.39 is 0 Å². The Kier molecular flexibility index (Phi) is 3.47. The van der Waals surface area contributed by atoms with E-state index in [1.807, 2.05) is 18.2 Å². The summed E-state index contributed by atoms with van der Waals surface area (Å²) in [4.78, 5) is 4.25. The van der Waals surface area contributed by atoms with E-state index in [4.69, 9.17) is 27.9 Å². The van der Waals surface area contributed by atoms with Gasteiger partial charge in [-0.1, -0.05) is 23.2 Å². The highest BCUT2D eigenvalue weighted by molar-refractivity contribution is 6.32. The molecule has 0 aliphatic rings. The summed E-state index contributed by atoms with van der Waals surface area (Å²) >= 11 is 12.2. The van der Waals surface area contributed by atoms with Crippen molar-refractivity contribution in [2.45, 2.75) is 13.8 Å². The molecule has 7 heteroatoms. The number of methoxy groups -OCH3 is 1. The second kappa shape index (κ2) is 5.16. The Morgan fingerprint density at radius 3 is 2.62 bits per heavy atom. The molecule has 0 unspecified atom stereocenters. The van der Waals surface area contributed by atoms with Gasteiger partial charge in [0.1, 0.15) is 5.75 Å². The fraction of sp³-hybridized carbons (Fsp3) is 0.214. The van der Waals surface area contributed by atoms with Crippen LogP contribution in [0, 0.1) is 13.8 Å². The lowest BCUT2D eigenvalue weighted by molar-refractivity contribution is 0.416. The number of halogens is 2. The Morgan fingerprint density at radius 1 is 1.14 bits per heavy atom. The van der Waals surface area contributed by atoms with Gasteiger partial charge in [-0.05, 0) is 32.0 Å². The molecule has 0 aliphatic carbocycles. The smallest absolute Gasteiger partial charge is 0.199 e. The van der Waals surface area contributed by atoms with E-state index in [0.29, 0.717) is 27.4 Å². The van der Waals surface area contributed by atoms with Crippen LogP contribution in [-0.2, 0) is 0 Å². The molecule has 0 N–H and O–H groups in total. The van der Waals surface area contributed by atoms with Crippen LogP contribution < -0.4 is 4.74 Å². The maximum atomic E-state index is 6.15. The van der Waals surface area contributed by atoms with Crippen molar-refractivity contribution >= 4 is 28.8 Å². The Morgan fingerprint density at radius 2 is 1.90 bits per heavy atom. The number of aromatic nitrogens is 4. The summed E-state index contributed by atoms with van der Waals surface area (Å²) in [5, 5.41) is 9.26. The monoisotopic (exact) mass is 322 g/mol. The van der Waals surface area contributed by atoms with Crippen LogP contribution in [0.4, 0.5) is 0 Å². The van der Waals surface area contributed by atoms with Gasteiger partial charge in [0, 0.05) is 10.7 Å². The van der Waals surface area contributed by atoms with Crippen molar-refractivity contribution in [2.24, 2.45) is 0 Å². The fourth-order valence-electron chi connectivity index (χ4n) is 2.20. The Balaban J connectivity index is 2.39. The van der Waals surface area contributed by atoms with Crippen LogP contribution in [0.2, 0.25) is 10.2 Å². The van der Waals surface area contributed by atoms with Crippen LogP contribution in [-0.4, -0.2) is 26.7 Å². The quantitative estimate of drug-likeness (QED) is 0.721. The highest BCUT2D eigenvalue weighted by Gasteiger charge is 2.18. The zero-order chi connectivity index (χ0) is 15.1. The number of fused-ring (bicyclic) bond motifs is 1. The van der Waals surface area contributed by atoms with Crippen LogP contribution >= 0.6 is 23.2 Å². The van der Waals surface area contributed by atoms with E-state index in [1.165, 1.54) is 0 Å². The highest BCUT2D eigenvalue weighted by atomic mass is 35.5. The lowest BCUT2D eigenvalue weighted by Gasteiger charge is -2.10. The summed E-state index contributed by atoms with van der Waals surface area (Å²) in [5.74, 6) is 1.29. The number of benzene rings is 1. The van der Waals surface area contributed by atoms with Gasteiger partial charge in [0.25, 0.3) is 0 Å². The van der Waals surface area contributed by atoms with E-state index in [9.17, 15) is 0 Å². The number of hydrogen-bond acceptors (Lipinski definition) is 4. The van der Waals surface area contributed by atoms with Crippen molar-refractivity contribution in [3.05, 3.63) is 39.8 Å². The van der Waals surface area contributed by atoms with Crippen molar-refractivity contribution in [3.8, 4) is 17.1 Å². The molecule has 108 valence electrons. The first-order valence-corrected chi connectivity index (χ1v) is 7.00. The third kappa shape index (κ3) is 2.22. The molecule has 0 spiro atoms. The first kappa shape index (κ1) is 14.1. The van der Waals surface area contributed by atoms with Gasteiger partial charge in [-0.2, -0.15) is 0 Å². The summed E-state index contributed by atoms with van der Waals surface area (Å²) in [5.41, 5.74) is 2.99. The third-order valence-corrected chi connectivity index (χ3v) is 3.86. The van der Waals surface area contributed by atoms with Gasteiger partial charge in [-0.3, -0.25) is 4.40 Å². The Hall–Kier alpha value is -1.85. The topological polar surface area (TPSA) is 52.3 Å². The zero-order valence-corrected chi connectivity index (χ0v) is 13.2. The number of nitrogens with zero attached hydrogens (tertiary/aromatic N) is 4. The van der Waals surface area contributed by atoms with Crippen molar-refractivity contribution in [1.82, 2.24) is 19.6 Å². The second-order valence-electron chi connectivity index (χ2n) is 4.60. The molecule has 0 aliphatic heterocycles. The molecule has 5 nitrogen and oxygen atoms in total. The average molecular weight is 323 g/mol. The third-order valence-electron chi connectivity index (χ3n) is 3.37. The van der Waals surface area contributed by atoms with E-state index in [-0.39, 0.29) is 0 Å². The molecule has 0 saturated heterocycles. The number of aryl methyl sites for hydroxylation is 2. The molecular formula is C14H12Cl2N4O. The van der Waals surface area contributed by atoms with Crippen LogP contribution in [0.3, 0.4) is 0 Å². The number of rotatable bonds is 2. The van der Waals surface area contributed by atoms with E-state index in [1.54, 1.807) is 25.3 Å². The van der Waals surface area contributed by atoms with E-state index in [2.05, 4.69) is 15.2 Å². The molecule has 0 radical (unpaired) electrons. The molecule has 2 aromatic heterocycles. The van der Waals surface area contributed by atoms with E-state index >= 15 is 0 Å². The van der Waals surface area contributed by atoms with Crippen molar-refractivity contribution in [3.63, 3.8) is 0 Å². The van der Waals surface area contributed by atoms with Gasteiger partial charge in [-0.25, -0.2) is 4.98 Å². The summed E-state index contributed by atoms with van der Waals surface area (Å²) < 4.78 is 7.24. The molecule has 0 atom stereocenters. The van der Waals surface area contributed by atoms with Gasteiger partial charge >= 0.3 is 0 Å². The summed E-state index contributed by atoms with van der Waals surface area (Å²) in [7, 11) is 1.60. The van der Waals surface area contributed by atoms with Crippen LogP contribution in [0.1, 0.15) is 11.4 Å². The zero-order valence-electron chi connectivity index (χ0n) is 11.7. The molecule has 21 heavy (non-hydrogen) atoms. The molecule has 1 aromatic carbocycles. The lowest BCUT2D eigenvalue weighted by Crippen LogP contribution is -2.01. The predicted molar refractivity (Wildman–Crippen MR) is 82.3 cm³/mol. The normalized spacial score (nSPS) is 11.1. The molecule has 0 fully saturated rings. The summed E-state index contributed by atoms with van der Waals surface area (Å²) in [6.45, 7) is 3.83. The lowest BCUT2D eigenvalue weighted by atomic mass is 10.2. The van der Waals surface area contributed by atoms with Gasteiger partial charge in [0.2, 0.25) is 0 Å². The fourth-order valence-corrected chi connectivity index (χ4v) is 2.63. The molecule has 2 heterocycles. The minimum atomic E-state index is 0.317. The van der Waals surface area contributed by atoms with Crippen LogP contribution in [0.25, 0.3) is 17.0 Å². The first-order chi connectivity index (χ1) is 10.0. The molecule has 0 amide bonds. The maximum absolute atomic E-state index is 6.15. The standard InChI is InChI=1S/C14H12Cl2N4O/c1-7-8(2)20-13(18-19-14(20)12(16)17-7)10-6-9(15)4-5-11(10)21-3/h4-6H,1-3H3. The summed E-state index contributed by atoms with van der Waals surface area (Å²) in [6.07, 6.45) is 0. The molecule has 3 rings (SSSR count). The van der Waals surface area contributed by atoms with Crippen molar-refractivity contribution in [1.29, 1.82) is 0 Å². The van der Waals surface area contributed by atoms with Crippen LogP contribution in [0.15, 0.2) is 18.2 Å². The Labute approximate surface area is 131 Å².